The lowest BCUT2D eigenvalue weighted by Gasteiger charge is -2.25. The van der Waals surface area contributed by atoms with E-state index in [0.717, 1.165) is 12.0 Å². The molecule has 1 aliphatic rings. The Morgan fingerprint density at radius 3 is 2.26 bits per heavy atom. The van der Waals surface area contributed by atoms with Crippen molar-refractivity contribution in [1.29, 1.82) is 0 Å². The van der Waals surface area contributed by atoms with Crippen molar-refractivity contribution in [2.24, 2.45) is 0 Å². The molecule has 12 heteroatoms. The molecule has 3 rings (SSSR count). The molecule has 1 saturated heterocycles. The lowest BCUT2D eigenvalue weighted by molar-refractivity contribution is -0.143. The van der Waals surface area contributed by atoms with E-state index in [0.29, 0.717) is 18.7 Å². The Hall–Kier alpha value is -3.77. The van der Waals surface area contributed by atoms with E-state index in [2.05, 4.69) is 31.2 Å². The molecule has 0 aliphatic carbocycles. The summed E-state index contributed by atoms with van der Waals surface area (Å²) in [5.41, 5.74) is 1.34. The van der Waals surface area contributed by atoms with Gasteiger partial charge in [-0.25, -0.2) is 9.78 Å². The van der Waals surface area contributed by atoms with E-state index >= 15 is 0 Å². The maximum absolute atomic E-state index is 13.3. The highest BCUT2D eigenvalue weighted by molar-refractivity contribution is 5.94. The summed E-state index contributed by atoms with van der Waals surface area (Å²) in [6, 6.07) is 4.80. The molecule has 0 spiro atoms. The summed E-state index contributed by atoms with van der Waals surface area (Å²) in [6.07, 6.45) is 4.68. The van der Waals surface area contributed by atoms with Crippen LogP contribution in [0.5, 0.6) is 0 Å². The quantitative estimate of drug-likeness (QED) is 0.188. The summed E-state index contributed by atoms with van der Waals surface area (Å²) >= 11 is 0. The zero-order valence-electron chi connectivity index (χ0n) is 19.1. The molecule has 188 valence electrons. The lowest BCUT2D eigenvalue weighted by Crippen LogP contribution is -2.58. The predicted molar refractivity (Wildman–Crippen MR) is 124 cm³/mol. The van der Waals surface area contributed by atoms with Crippen LogP contribution in [0.3, 0.4) is 0 Å². The Kier molecular flexibility index (Phi) is 9.32. The van der Waals surface area contributed by atoms with Gasteiger partial charge in [-0.1, -0.05) is 30.3 Å². The van der Waals surface area contributed by atoms with Gasteiger partial charge in [0.05, 0.1) is 19.0 Å². The van der Waals surface area contributed by atoms with Crippen LogP contribution in [-0.4, -0.2) is 81.2 Å². The minimum atomic E-state index is -1.52. The van der Waals surface area contributed by atoms with Crippen molar-refractivity contribution in [3.8, 4) is 0 Å². The van der Waals surface area contributed by atoms with Crippen molar-refractivity contribution < 1.29 is 29.4 Å². The van der Waals surface area contributed by atoms with E-state index in [1.807, 2.05) is 0 Å². The van der Waals surface area contributed by atoms with Gasteiger partial charge in [-0.2, -0.15) is 0 Å². The van der Waals surface area contributed by atoms with Crippen molar-refractivity contribution in [2.45, 2.75) is 49.9 Å². The number of carbonyl (C=O) groups is 4. The van der Waals surface area contributed by atoms with Gasteiger partial charge in [-0.15, -0.1) is 0 Å². The topological polar surface area (TPSA) is 186 Å². The predicted octanol–water partition coefficient (Wildman–Crippen LogP) is -1.52. The third-order valence-corrected chi connectivity index (χ3v) is 5.70. The van der Waals surface area contributed by atoms with Crippen molar-refractivity contribution >= 4 is 23.7 Å². The average molecular weight is 487 g/mol. The van der Waals surface area contributed by atoms with E-state index in [9.17, 15) is 29.4 Å². The van der Waals surface area contributed by atoms with Crippen LogP contribution in [0.15, 0.2) is 42.9 Å². The van der Waals surface area contributed by atoms with Gasteiger partial charge in [-0.3, -0.25) is 14.4 Å². The van der Waals surface area contributed by atoms with Crippen molar-refractivity contribution in [3.05, 3.63) is 54.1 Å². The molecule has 35 heavy (non-hydrogen) atoms. The Morgan fingerprint density at radius 1 is 1.00 bits per heavy atom. The number of hydrogen-bond donors (Lipinski definition) is 7. The van der Waals surface area contributed by atoms with E-state index in [4.69, 9.17) is 0 Å². The van der Waals surface area contributed by atoms with Gasteiger partial charge in [-0.05, 0) is 24.9 Å². The molecular formula is C23H30N6O6. The minimum absolute atomic E-state index is 0.0745. The molecule has 0 radical (unpaired) electrons. The third kappa shape index (κ3) is 7.62. The zero-order chi connectivity index (χ0) is 25.2. The number of hydrogen-bond acceptors (Lipinski definition) is 7. The zero-order valence-corrected chi connectivity index (χ0v) is 19.1. The minimum Gasteiger partial charge on any atom is -0.480 e. The fourth-order valence-electron chi connectivity index (χ4n) is 3.80. The molecule has 1 aromatic heterocycles. The molecule has 4 atom stereocenters. The SMILES string of the molecule is O=C(O)C(CO)NC(=O)C(Cc1ccccc1)NC(=O)C(Cc1cnc[nH]1)NC(=O)C1CCCN1. The number of aliphatic hydroxyl groups is 1. The maximum Gasteiger partial charge on any atom is 0.328 e. The number of aromatic amines is 1. The van der Waals surface area contributed by atoms with E-state index < -0.39 is 48.6 Å². The van der Waals surface area contributed by atoms with Crippen LogP contribution in [0.1, 0.15) is 24.1 Å². The van der Waals surface area contributed by atoms with Gasteiger partial charge < -0.3 is 36.5 Å². The highest BCUT2D eigenvalue weighted by Crippen LogP contribution is 2.08. The average Bonchev–Trinajstić information content (AvgIpc) is 3.56. The number of carboxylic acids is 1. The summed E-state index contributed by atoms with van der Waals surface area (Å²) < 4.78 is 0. The Bertz CT molecular complexity index is 993. The number of nitrogens with one attached hydrogen (secondary N) is 5. The Labute approximate surface area is 201 Å². The van der Waals surface area contributed by atoms with Crippen molar-refractivity contribution in [3.63, 3.8) is 0 Å². The lowest BCUT2D eigenvalue weighted by atomic mass is 10.0. The summed E-state index contributed by atoms with van der Waals surface area (Å²) in [7, 11) is 0. The molecule has 12 nitrogen and oxygen atoms in total. The van der Waals surface area contributed by atoms with Crippen LogP contribution in [0, 0.1) is 0 Å². The molecule has 1 fully saturated rings. The van der Waals surface area contributed by atoms with Crippen molar-refractivity contribution in [2.75, 3.05) is 13.2 Å². The van der Waals surface area contributed by atoms with Crippen LogP contribution in [0.4, 0.5) is 0 Å². The number of carbonyl (C=O) groups excluding carboxylic acids is 3. The molecule has 3 amide bonds. The number of aliphatic carboxylic acids is 1. The third-order valence-electron chi connectivity index (χ3n) is 5.70. The molecule has 2 heterocycles. The first-order chi connectivity index (χ1) is 16.9. The number of aliphatic hydroxyl groups excluding tert-OH is 1. The molecule has 0 bridgehead atoms. The van der Waals surface area contributed by atoms with Gasteiger partial charge in [0.25, 0.3) is 0 Å². The molecular weight excluding hydrogens is 456 g/mol. The highest BCUT2D eigenvalue weighted by Gasteiger charge is 2.31. The molecule has 7 N–H and O–H groups in total. The van der Waals surface area contributed by atoms with Gasteiger partial charge >= 0.3 is 5.97 Å². The highest BCUT2D eigenvalue weighted by atomic mass is 16.4. The second-order valence-corrected chi connectivity index (χ2v) is 8.32. The van der Waals surface area contributed by atoms with Crippen LogP contribution in [0.25, 0.3) is 0 Å². The van der Waals surface area contributed by atoms with Gasteiger partial charge in [0, 0.05) is 24.7 Å². The number of H-pyrrole nitrogens is 1. The van der Waals surface area contributed by atoms with Crippen LogP contribution >= 0.6 is 0 Å². The standard InChI is InChI=1S/C23H30N6O6/c30-12-19(23(34)35)29-21(32)17(9-14-5-2-1-3-6-14)27-22(33)18(10-15-11-24-13-26-15)28-20(31)16-7-4-8-25-16/h1-3,5-6,11,13,16-19,25,30H,4,7-10,12H2,(H,24,26)(H,27,33)(H,28,31)(H,29,32)(H,34,35). The first-order valence-corrected chi connectivity index (χ1v) is 11.4. The second kappa shape index (κ2) is 12.6. The van der Waals surface area contributed by atoms with Gasteiger partial charge in [0.2, 0.25) is 17.7 Å². The van der Waals surface area contributed by atoms with Crippen LogP contribution in [0.2, 0.25) is 0 Å². The van der Waals surface area contributed by atoms with Crippen LogP contribution < -0.4 is 21.3 Å². The normalized spacial score (nSPS) is 17.7. The Morgan fingerprint density at radius 2 is 1.69 bits per heavy atom. The van der Waals surface area contributed by atoms with Gasteiger partial charge in [0.1, 0.15) is 18.1 Å². The maximum atomic E-state index is 13.3. The number of carboxylic acid groups (broad SMARTS) is 1. The smallest absolute Gasteiger partial charge is 0.328 e. The first kappa shape index (κ1) is 25.8. The van der Waals surface area contributed by atoms with E-state index in [1.54, 1.807) is 30.3 Å². The number of nitrogens with zero attached hydrogens (tertiary/aromatic N) is 1. The fraction of sp³-hybridized carbons (Fsp3) is 0.435. The van der Waals surface area contributed by atoms with E-state index in [-0.39, 0.29) is 18.7 Å². The molecule has 1 aliphatic heterocycles. The Balaban J connectivity index is 1.77. The largest absolute Gasteiger partial charge is 0.480 e. The molecule has 2 aromatic rings. The number of amides is 3. The van der Waals surface area contributed by atoms with Crippen molar-refractivity contribution in [1.82, 2.24) is 31.2 Å². The molecule has 0 saturated carbocycles. The van der Waals surface area contributed by atoms with Crippen LogP contribution in [-0.2, 0) is 32.0 Å². The van der Waals surface area contributed by atoms with E-state index in [1.165, 1.54) is 12.5 Å². The molecule has 4 unspecified atom stereocenters. The summed E-state index contributed by atoms with van der Waals surface area (Å²) in [6.45, 7) is -0.0929. The van der Waals surface area contributed by atoms with Gasteiger partial charge in [0.15, 0.2) is 0 Å². The fourth-order valence-corrected chi connectivity index (χ4v) is 3.80. The summed E-state index contributed by atoms with van der Waals surface area (Å²) in [5, 5.41) is 29.2. The molecule has 1 aromatic carbocycles. The summed E-state index contributed by atoms with van der Waals surface area (Å²) in [5.74, 6) is -3.11. The summed E-state index contributed by atoms with van der Waals surface area (Å²) in [4.78, 5) is 57.0. The number of benzene rings is 1. The number of imidazole rings is 1. The number of rotatable bonds is 12. The monoisotopic (exact) mass is 486 g/mol. The first-order valence-electron chi connectivity index (χ1n) is 11.4. The number of aromatic nitrogens is 2. The second-order valence-electron chi connectivity index (χ2n) is 8.32.